The number of benzene rings is 2. The molecule has 0 radical (unpaired) electrons. The average molecular weight is 398 g/mol. The number of hydrogen-bond donors (Lipinski definition) is 4. The van der Waals surface area contributed by atoms with E-state index in [-0.39, 0.29) is 0 Å². The van der Waals surface area contributed by atoms with E-state index >= 15 is 0 Å². The summed E-state index contributed by atoms with van der Waals surface area (Å²) in [5.41, 5.74) is 14.9. The molecule has 0 saturated heterocycles. The summed E-state index contributed by atoms with van der Waals surface area (Å²) in [5, 5.41) is 5.31. The summed E-state index contributed by atoms with van der Waals surface area (Å²) < 4.78 is 5.41. The van der Waals surface area contributed by atoms with Gasteiger partial charge in [-0.25, -0.2) is 5.53 Å². The molecule has 2 aromatic carbocycles. The summed E-state index contributed by atoms with van der Waals surface area (Å²) in [7, 11) is 1.69. The highest BCUT2D eigenvalue weighted by molar-refractivity contribution is 5.92. The Bertz CT molecular complexity index is 1220. The van der Waals surface area contributed by atoms with E-state index in [1.807, 2.05) is 30.3 Å². The Kier molecular flexibility index (Phi) is 4.78. The predicted molar refractivity (Wildman–Crippen MR) is 118 cm³/mol. The van der Waals surface area contributed by atoms with Gasteiger partial charge in [0.05, 0.1) is 19.2 Å². The van der Waals surface area contributed by atoms with Gasteiger partial charge in [-0.1, -0.05) is 36.4 Å². The molecule has 0 spiro atoms. The van der Waals surface area contributed by atoms with Crippen molar-refractivity contribution in [1.29, 1.82) is 0 Å². The van der Waals surface area contributed by atoms with E-state index in [9.17, 15) is 0 Å². The van der Waals surface area contributed by atoms with Crippen molar-refractivity contribution >= 4 is 16.7 Å². The van der Waals surface area contributed by atoms with Crippen LogP contribution in [-0.4, -0.2) is 22.9 Å². The average Bonchev–Trinajstić information content (AvgIpc) is 3.42. The Balaban J connectivity index is 1.54. The van der Waals surface area contributed by atoms with Crippen molar-refractivity contribution in [3.05, 3.63) is 83.7 Å². The maximum absolute atomic E-state index is 5.41. The van der Waals surface area contributed by atoms with Gasteiger partial charge in [0.25, 0.3) is 0 Å². The lowest BCUT2D eigenvalue weighted by Crippen LogP contribution is -2.35. The number of fused-ring (bicyclic) bond motifs is 1. The Hall–Kier alpha value is -3.84. The molecule has 4 aromatic rings. The van der Waals surface area contributed by atoms with E-state index in [0.717, 1.165) is 46.2 Å². The number of methoxy groups -OCH3 is 1. The van der Waals surface area contributed by atoms with Gasteiger partial charge in [0.2, 0.25) is 0 Å². The normalized spacial score (nSPS) is 13.0. The number of rotatable bonds is 6. The zero-order chi connectivity index (χ0) is 20.3. The van der Waals surface area contributed by atoms with Gasteiger partial charge < -0.3 is 9.72 Å². The quantitative estimate of drug-likeness (QED) is 0.400. The number of hydrazine groups is 2. The first-order valence-corrected chi connectivity index (χ1v) is 9.81. The molecule has 1 aliphatic rings. The van der Waals surface area contributed by atoms with Gasteiger partial charge in [0.1, 0.15) is 11.6 Å². The van der Waals surface area contributed by atoms with Gasteiger partial charge in [-0.15, -0.1) is 10.6 Å². The largest absolute Gasteiger partial charge is 0.497 e. The number of nitrogens with zero attached hydrogens (tertiary/aromatic N) is 2. The third-order valence-electron chi connectivity index (χ3n) is 5.20. The Morgan fingerprint density at radius 3 is 2.50 bits per heavy atom. The fourth-order valence-corrected chi connectivity index (χ4v) is 3.78. The Labute approximate surface area is 174 Å². The molecule has 0 atom stereocenters. The number of hydrogen-bond acceptors (Lipinski definition) is 6. The molecule has 7 heteroatoms. The minimum atomic E-state index is 0.629. The molecule has 1 aliphatic heterocycles. The lowest BCUT2D eigenvalue weighted by atomic mass is 10.0. The number of hydrazone groups is 1. The highest BCUT2D eigenvalue weighted by Gasteiger charge is 2.15. The second-order valence-corrected chi connectivity index (χ2v) is 7.15. The van der Waals surface area contributed by atoms with Crippen molar-refractivity contribution in [2.24, 2.45) is 5.10 Å². The molecule has 4 N–H and O–H groups in total. The number of H-pyrrole nitrogens is 1. The molecule has 0 aliphatic carbocycles. The molecule has 150 valence electrons. The number of aromatic nitrogens is 2. The molecule has 7 nitrogen and oxygen atoms in total. The molecule has 0 unspecified atom stereocenters. The van der Waals surface area contributed by atoms with Crippen LogP contribution in [0.1, 0.15) is 17.0 Å². The number of nitrogens with one attached hydrogen (secondary N) is 4. The van der Waals surface area contributed by atoms with Crippen molar-refractivity contribution in [3.8, 4) is 17.0 Å². The van der Waals surface area contributed by atoms with E-state index in [0.29, 0.717) is 6.42 Å². The monoisotopic (exact) mass is 398 g/mol. The van der Waals surface area contributed by atoms with Crippen LogP contribution in [0.4, 0.5) is 0 Å². The maximum atomic E-state index is 5.41. The Morgan fingerprint density at radius 1 is 0.900 bits per heavy atom. The number of amidine groups is 1. The zero-order valence-corrected chi connectivity index (χ0v) is 16.6. The zero-order valence-electron chi connectivity index (χ0n) is 16.6. The summed E-state index contributed by atoms with van der Waals surface area (Å²) in [4.78, 5) is 8.47. The van der Waals surface area contributed by atoms with Crippen molar-refractivity contribution in [2.75, 3.05) is 7.11 Å². The number of ether oxygens (including phenoxy) is 1. The fourth-order valence-electron chi connectivity index (χ4n) is 3.78. The van der Waals surface area contributed by atoms with Crippen LogP contribution >= 0.6 is 0 Å². The lowest BCUT2D eigenvalue weighted by molar-refractivity contribution is 0.415. The fraction of sp³-hybridized carbons (Fsp3) is 0.130. The van der Waals surface area contributed by atoms with E-state index in [4.69, 9.17) is 9.72 Å². The molecular weight excluding hydrogens is 376 g/mol. The van der Waals surface area contributed by atoms with Crippen LogP contribution < -0.4 is 21.2 Å². The van der Waals surface area contributed by atoms with E-state index < -0.39 is 0 Å². The predicted octanol–water partition coefficient (Wildman–Crippen LogP) is 3.30. The molecule has 0 amide bonds. The first-order chi connectivity index (χ1) is 14.8. The number of aromatic amines is 1. The summed E-state index contributed by atoms with van der Waals surface area (Å²) in [6.07, 6.45) is 1.35. The summed E-state index contributed by atoms with van der Waals surface area (Å²) in [5.74, 6) is 1.64. The molecule has 2 aromatic heterocycles. The molecule has 0 saturated carbocycles. The maximum Gasteiger partial charge on any atom is 0.145 e. The third-order valence-corrected chi connectivity index (χ3v) is 5.20. The first kappa shape index (κ1) is 18.2. The standard InChI is InChI=1S/C23H22N6O/c1-30-18-10-11-19-20(23(25-21(19)14-18)15-6-3-2-4-7-15)12-16-8-5-9-17(24-16)13-22-26-28-29-27-22/h2-11,14,25,28-29H,12-13H2,1H3,(H,26,27). The Morgan fingerprint density at radius 2 is 1.73 bits per heavy atom. The van der Waals surface area contributed by atoms with Crippen molar-refractivity contribution in [1.82, 2.24) is 26.5 Å². The molecule has 30 heavy (non-hydrogen) atoms. The number of pyridine rings is 1. The SMILES string of the molecule is COc1ccc2c(Cc3cccc(CC4=NNNN4)n3)c(-c3ccccc3)[nH]c2c1. The lowest BCUT2D eigenvalue weighted by Gasteiger charge is -2.08. The van der Waals surface area contributed by atoms with Gasteiger partial charge in [0, 0.05) is 34.8 Å². The van der Waals surface area contributed by atoms with Crippen LogP contribution in [0.15, 0.2) is 71.8 Å². The van der Waals surface area contributed by atoms with Crippen LogP contribution in [0, 0.1) is 0 Å². The van der Waals surface area contributed by atoms with Crippen LogP contribution in [-0.2, 0) is 12.8 Å². The van der Waals surface area contributed by atoms with E-state index in [1.165, 1.54) is 10.9 Å². The van der Waals surface area contributed by atoms with Crippen LogP contribution in [0.25, 0.3) is 22.2 Å². The molecule has 0 fully saturated rings. The highest BCUT2D eigenvalue weighted by atomic mass is 16.5. The van der Waals surface area contributed by atoms with Gasteiger partial charge in [-0.05, 0) is 35.4 Å². The van der Waals surface area contributed by atoms with Crippen molar-refractivity contribution < 1.29 is 4.74 Å². The molecule has 3 heterocycles. The van der Waals surface area contributed by atoms with Crippen LogP contribution in [0.3, 0.4) is 0 Å². The van der Waals surface area contributed by atoms with Gasteiger partial charge in [-0.3, -0.25) is 10.4 Å². The van der Waals surface area contributed by atoms with Crippen molar-refractivity contribution in [3.63, 3.8) is 0 Å². The summed E-state index contributed by atoms with van der Waals surface area (Å²) in [6.45, 7) is 0. The first-order valence-electron chi connectivity index (χ1n) is 9.81. The minimum Gasteiger partial charge on any atom is -0.497 e. The summed E-state index contributed by atoms with van der Waals surface area (Å²) in [6, 6.07) is 22.7. The van der Waals surface area contributed by atoms with E-state index in [2.05, 4.69) is 63.0 Å². The third kappa shape index (κ3) is 3.58. The topological polar surface area (TPSA) is 86.4 Å². The van der Waals surface area contributed by atoms with Gasteiger partial charge in [0.15, 0.2) is 0 Å². The molecule has 5 rings (SSSR count). The van der Waals surface area contributed by atoms with Gasteiger partial charge in [-0.2, -0.15) is 0 Å². The van der Waals surface area contributed by atoms with E-state index in [1.54, 1.807) is 7.11 Å². The molecule has 0 bridgehead atoms. The smallest absolute Gasteiger partial charge is 0.145 e. The van der Waals surface area contributed by atoms with Gasteiger partial charge >= 0.3 is 0 Å². The van der Waals surface area contributed by atoms with Crippen molar-refractivity contribution in [2.45, 2.75) is 12.8 Å². The van der Waals surface area contributed by atoms with Crippen LogP contribution in [0.5, 0.6) is 5.75 Å². The van der Waals surface area contributed by atoms with Crippen LogP contribution in [0.2, 0.25) is 0 Å². The highest BCUT2D eigenvalue weighted by Crippen LogP contribution is 2.33. The summed E-state index contributed by atoms with van der Waals surface area (Å²) >= 11 is 0. The molecular formula is C23H22N6O. The second-order valence-electron chi connectivity index (χ2n) is 7.15. The second kappa shape index (κ2) is 7.88. The minimum absolute atomic E-state index is 0.629.